The lowest BCUT2D eigenvalue weighted by atomic mass is 10.3. The second kappa shape index (κ2) is 7.90. The number of benzene rings is 2. The van der Waals surface area contributed by atoms with E-state index in [0.29, 0.717) is 11.1 Å². The Hall–Kier alpha value is -3.03. The van der Waals surface area contributed by atoms with Crippen molar-refractivity contribution in [1.82, 2.24) is 4.57 Å². The van der Waals surface area contributed by atoms with Gasteiger partial charge in [-0.3, -0.25) is 9.36 Å². The summed E-state index contributed by atoms with van der Waals surface area (Å²) in [6, 6.07) is 16.2. The number of oxazole rings is 1. The number of para-hydroxylation sites is 3. The molecule has 0 saturated carbocycles. The maximum Gasteiger partial charge on any atom is 0.376 e. The van der Waals surface area contributed by atoms with Crippen molar-refractivity contribution in [2.75, 3.05) is 11.9 Å². The first-order valence-corrected chi connectivity index (χ1v) is 11.7. The normalized spacial score (nSPS) is 16.1. The third-order valence-electron chi connectivity index (χ3n) is 5.42. The largest absolute Gasteiger partial charge is 0.398 e. The van der Waals surface area contributed by atoms with E-state index < -0.39 is 0 Å². The fourth-order valence-electron chi connectivity index (χ4n) is 3.72. The second-order valence-corrected chi connectivity index (χ2v) is 9.39. The fourth-order valence-corrected chi connectivity index (χ4v) is 5.82. The van der Waals surface area contributed by atoms with Crippen LogP contribution in [0, 0.1) is 0 Å². The van der Waals surface area contributed by atoms with Crippen molar-refractivity contribution in [1.29, 1.82) is 0 Å². The Balaban J connectivity index is 1.59. The molecule has 1 aliphatic rings. The highest BCUT2D eigenvalue weighted by molar-refractivity contribution is 8.03. The van der Waals surface area contributed by atoms with Crippen molar-refractivity contribution in [2.45, 2.75) is 18.4 Å². The van der Waals surface area contributed by atoms with E-state index in [0.717, 1.165) is 26.7 Å². The van der Waals surface area contributed by atoms with E-state index in [1.165, 1.54) is 21.9 Å². The molecule has 0 radical (unpaired) electrons. The van der Waals surface area contributed by atoms with Crippen LogP contribution in [-0.2, 0) is 13.6 Å². The lowest BCUT2D eigenvalue weighted by molar-refractivity contribution is -0.652. The topological polar surface area (TPSA) is 42.3 Å². The van der Waals surface area contributed by atoms with Crippen LogP contribution in [0.2, 0.25) is 0 Å². The molecule has 5 rings (SSSR count). The Morgan fingerprint density at radius 1 is 1.10 bits per heavy atom. The van der Waals surface area contributed by atoms with Crippen LogP contribution in [0.4, 0.5) is 5.69 Å². The van der Waals surface area contributed by atoms with Gasteiger partial charge < -0.3 is 9.32 Å². The lowest BCUT2D eigenvalue weighted by Gasteiger charge is -2.12. The van der Waals surface area contributed by atoms with Gasteiger partial charge >= 0.3 is 5.89 Å². The zero-order valence-electron chi connectivity index (χ0n) is 17.5. The summed E-state index contributed by atoms with van der Waals surface area (Å²) in [4.78, 5) is 16.4. The summed E-state index contributed by atoms with van der Waals surface area (Å²) in [6.45, 7) is 2.60. The average Bonchev–Trinajstić information content (AvgIpc) is 3.39. The first kappa shape index (κ1) is 19.9. The van der Waals surface area contributed by atoms with Gasteiger partial charge in [-0.2, -0.15) is 4.57 Å². The molecule has 3 heterocycles. The van der Waals surface area contributed by atoms with Gasteiger partial charge in [0, 0.05) is 24.6 Å². The van der Waals surface area contributed by atoms with Crippen LogP contribution in [0.25, 0.3) is 23.3 Å². The SMILES string of the molecule is CCn1c(=O)/c(=C/C=C2\Sc3ccccc3N2C)s/c1=C/c1oc2ccccc2[n+]1C. The minimum atomic E-state index is 0.0255. The lowest BCUT2D eigenvalue weighted by Crippen LogP contribution is -2.33. The second-order valence-electron chi connectivity index (χ2n) is 7.27. The van der Waals surface area contributed by atoms with E-state index in [-0.39, 0.29) is 5.56 Å². The van der Waals surface area contributed by atoms with Crippen LogP contribution in [0.15, 0.2) is 73.7 Å². The van der Waals surface area contributed by atoms with Crippen molar-refractivity contribution in [3.63, 3.8) is 0 Å². The smallest absolute Gasteiger partial charge is 0.376 e. The van der Waals surface area contributed by atoms with Crippen molar-refractivity contribution in [3.05, 3.63) is 85.1 Å². The maximum atomic E-state index is 13.0. The van der Waals surface area contributed by atoms with E-state index in [4.69, 9.17) is 4.42 Å². The highest BCUT2D eigenvalue weighted by Gasteiger charge is 2.20. The Kier molecular flexibility index (Phi) is 5.08. The molecule has 0 saturated heterocycles. The monoisotopic (exact) mass is 448 g/mol. The summed E-state index contributed by atoms with van der Waals surface area (Å²) < 4.78 is 11.4. The third-order valence-corrected chi connectivity index (χ3v) is 7.68. The zero-order chi connectivity index (χ0) is 21.5. The minimum Gasteiger partial charge on any atom is -0.398 e. The van der Waals surface area contributed by atoms with Crippen LogP contribution in [-0.4, -0.2) is 11.6 Å². The summed E-state index contributed by atoms with van der Waals surface area (Å²) in [6.07, 6.45) is 5.91. The van der Waals surface area contributed by atoms with Gasteiger partial charge in [0.1, 0.15) is 11.7 Å². The van der Waals surface area contributed by atoms with Gasteiger partial charge in [0.2, 0.25) is 5.58 Å². The number of anilines is 1. The molecule has 7 heteroatoms. The number of aromatic nitrogens is 2. The number of aryl methyl sites for hydroxylation is 1. The van der Waals surface area contributed by atoms with Crippen LogP contribution in [0.1, 0.15) is 12.8 Å². The Bertz CT molecular complexity index is 1510. The number of hydrogen-bond donors (Lipinski definition) is 0. The van der Waals surface area contributed by atoms with E-state index in [1.807, 2.05) is 73.2 Å². The van der Waals surface area contributed by atoms with Gasteiger partial charge in [0.05, 0.1) is 21.3 Å². The first-order valence-electron chi connectivity index (χ1n) is 10.1. The molecule has 0 fully saturated rings. The standard InChI is InChI=1S/C24H22N3O2S2/c1-4-27-23(15-21-25(2)16-9-5-7-11-18(16)29-21)31-20(24(27)28)13-14-22-26(3)17-10-6-8-12-19(17)30-22/h5-15H,4H2,1-3H3/q+1/b20-13-,22-14-. The van der Waals surface area contributed by atoms with E-state index in [1.54, 1.807) is 16.3 Å². The maximum absolute atomic E-state index is 13.0. The molecule has 2 aromatic carbocycles. The van der Waals surface area contributed by atoms with E-state index >= 15 is 0 Å². The number of rotatable bonds is 3. The molecule has 31 heavy (non-hydrogen) atoms. The molecular formula is C24H22N3O2S2+. The van der Waals surface area contributed by atoms with Crippen molar-refractivity contribution < 1.29 is 8.98 Å². The highest BCUT2D eigenvalue weighted by Crippen LogP contribution is 2.44. The van der Waals surface area contributed by atoms with Gasteiger partial charge in [-0.05, 0) is 37.3 Å². The summed E-state index contributed by atoms with van der Waals surface area (Å²) in [5.74, 6) is 0.719. The van der Waals surface area contributed by atoms with E-state index in [2.05, 4.69) is 24.1 Å². The number of nitrogens with zero attached hydrogens (tertiary/aromatic N) is 3. The van der Waals surface area contributed by atoms with Crippen molar-refractivity contribution in [2.24, 2.45) is 7.05 Å². The van der Waals surface area contributed by atoms with Gasteiger partial charge in [0.15, 0.2) is 0 Å². The number of allylic oxidation sites excluding steroid dienone is 1. The van der Waals surface area contributed by atoms with Crippen LogP contribution in [0.3, 0.4) is 0 Å². The molecule has 1 aliphatic heterocycles. The average molecular weight is 449 g/mol. The van der Waals surface area contributed by atoms with Gasteiger partial charge in [-0.25, -0.2) is 0 Å². The summed E-state index contributed by atoms with van der Waals surface area (Å²) in [5.41, 5.74) is 3.07. The molecular weight excluding hydrogens is 426 g/mol. The molecule has 0 N–H and O–H groups in total. The molecule has 2 aromatic heterocycles. The van der Waals surface area contributed by atoms with Crippen LogP contribution in [0.5, 0.6) is 0 Å². The summed E-state index contributed by atoms with van der Waals surface area (Å²) in [7, 11) is 4.03. The Labute approximate surface area is 187 Å². The van der Waals surface area contributed by atoms with Gasteiger partial charge in [-0.1, -0.05) is 36.0 Å². The predicted octanol–water partition coefficient (Wildman–Crippen LogP) is 3.19. The highest BCUT2D eigenvalue weighted by atomic mass is 32.2. The Morgan fingerprint density at radius 2 is 1.87 bits per heavy atom. The molecule has 0 bridgehead atoms. The molecule has 0 aliphatic carbocycles. The molecule has 0 unspecified atom stereocenters. The van der Waals surface area contributed by atoms with Crippen LogP contribution < -0.4 is 24.2 Å². The van der Waals surface area contributed by atoms with Crippen LogP contribution >= 0.6 is 23.1 Å². The zero-order valence-corrected chi connectivity index (χ0v) is 19.2. The number of thiazole rings is 1. The number of fused-ring (bicyclic) bond motifs is 2. The first-order chi connectivity index (χ1) is 15.1. The minimum absolute atomic E-state index is 0.0255. The number of hydrogen-bond acceptors (Lipinski definition) is 5. The number of thioether (sulfide) groups is 1. The molecule has 5 nitrogen and oxygen atoms in total. The Morgan fingerprint density at radius 3 is 2.65 bits per heavy atom. The van der Waals surface area contributed by atoms with Crippen molar-refractivity contribution in [3.8, 4) is 0 Å². The summed E-state index contributed by atoms with van der Waals surface area (Å²) in [5, 5.41) is 1.10. The fraction of sp³-hybridized carbons (Fsp3) is 0.167. The molecule has 0 atom stereocenters. The van der Waals surface area contributed by atoms with Gasteiger partial charge in [0.25, 0.3) is 11.1 Å². The predicted molar refractivity (Wildman–Crippen MR) is 128 cm³/mol. The van der Waals surface area contributed by atoms with E-state index in [9.17, 15) is 4.79 Å². The quantitative estimate of drug-likeness (QED) is 0.452. The summed E-state index contributed by atoms with van der Waals surface area (Å²) >= 11 is 3.20. The molecule has 4 aromatic rings. The molecule has 0 amide bonds. The molecule has 156 valence electrons. The third kappa shape index (κ3) is 3.43. The van der Waals surface area contributed by atoms with Crippen molar-refractivity contribution >= 4 is 52.0 Å². The van der Waals surface area contributed by atoms with Gasteiger partial charge in [-0.15, -0.1) is 11.3 Å². The molecule has 0 spiro atoms.